The molecule has 3 nitrogen and oxygen atoms in total. The Morgan fingerprint density at radius 3 is 2.58 bits per heavy atom. The summed E-state index contributed by atoms with van der Waals surface area (Å²) in [5, 5.41) is 3.62. The molecule has 1 saturated heterocycles. The highest BCUT2D eigenvalue weighted by molar-refractivity contribution is 6.31. The van der Waals surface area contributed by atoms with E-state index in [9.17, 15) is 4.79 Å². The van der Waals surface area contributed by atoms with Crippen molar-refractivity contribution >= 4 is 23.3 Å². The molecule has 104 valence electrons. The van der Waals surface area contributed by atoms with Gasteiger partial charge in [-0.25, -0.2) is 4.79 Å². The van der Waals surface area contributed by atoms with E-state index in [1.54, 1.807) is 6.07 Å². The number of carbonyl (C=O) groups excluding carboxylic acids is 1. The highest BCUT2D eigenvalue weighted by Gasteiger charge is 2.29. The van der Waals surface area contributed by atoms with Crippen LogP contribution in [0.15, 0.2) is 18.2 Å². The maximum absolute atomic E-state index is 12.4. The van der Waals surface area contributed by atoms with Crippen LogP contribution >= 0.6 is 11.6 Å². The zero-order valence-electron chi connectivity index (χ0n) is 11.7. The van der Waals surface area contributed by atoms with E-state index in [-0.39, 0.29) is 6.03 Å². The number of halogens is 1. The smallest absolute Gasteiger partial charge is 0.319 e. The van der Waals surface area contributed by atoms with Crippen LogP contribution in [0.1, 0.15) is 38.7 Å². The number of aryl methyl sites for hydroxylation is 1. The number of carbonyl (C=O) groups is 1. The molecule has 2 atom stereocenters. The Balaban J connectivity index is 2.13. The van der Waals surface area contributed by atoms with E-state index in [2.05, 4.69) is 19.2 Å². The second-order valence-corrected chi connectivity index (χ2v) is 5.86. The lowest BCUT2D eigenvalue weighted by Gasteiger charge is -2.39. The highest BCUT2D eigenvalue weighted by Crippen LogP contribution is 2.25. The molecule has 1 aliphatic rings. The summed E-state index contributed by atoms with van der Waals surface area (Å²) >= 11 is 5.98. The summed E-state index contributed by atoms with van der Waals surface area (Å²) in [6.45, 7) is 6.19. The van der Waals surface area contributed by atoms with Gasteiger partial charge in [0.05, 0.1) is 0 Å². The van der Waals surface area contributed by atoms with Crippen LogP contribution in [0, 0.1) is 6.92 Å². The van der Waals surface area contributed by atoms with Crippen LogP contribution in [0.3, 0.4) is 0 Å². The molecule has 0 unspecified atom stereocenters. The van der Waals surface area contributed by atoms with Crippen LogP contribution in [0.4, 0.5) is 10.5 Å². The standard InChI is InChI=1S/C15H21ClN2O/c1-10-7-8-13(16)9-14(10)17-15(19)18-11(2)5-4-6-12(18)3/h7-9,11-12H,4-6H2,1-3H3,(H,17,19)/t11-,12-/m1/s1. The summed E-state index contributed by atoms with van der Waals surface area (Å²) in [6.07, 6.45) is 3.35. The van der Waals surface area contributed by atoms with Crippen molar-refractivity contribution in [2.45, 2.75) is 52.1 Å². The van der Waals surface area contributed by atoms with Crippen LogP contribution in [0.25, 0.3) is 0 Å². The molecule has 0 spiro atoms. The van der Waals surface area contributed by atoms with Gasteiger partial charge >= 0.3 is 6.03 Å². The minimum Gasteiger partial charge on any atom is -0.319 e. The predicted octanol–water partition coefficient (Wildman–Crippen LogP) is 4.44. The minimum atomic E-state index is -0.0231. The van der Waals surface area contributed by atoms with Crippen LogP contribution in [0.2, 0.25) is 5.02 Å². The molecule has 1 fully saturated rings. The molecule has 0 radical (unpaired) electrons. The maximum atomic E-state index is 12.4. The molecule has 0 saturated carbocycles. The SMILES string of the molecule is Cc1ccc(Cl)cc1NC(=O)N1[C@H](C)CCC[C@H]1C. The number of amides is 2. The normalized spacial score (nSPS) is 23.3. The highest BCUT2D eigenvalue weighted by atomic mass is 35.5. The Morgan fingerprint density at radius 1 is 1.32 bits per heavy atom. The van der Waals surface area contributed by atoms with Crippen molar-refractivity contribution in [1.29, 1.82) is 0 Å². The van der Waals surface area contributed by atoms with Gasteiger partial charge in [0.1, 0.15) is 0 Å². The van der Waals surface area contributed by atoms with Crippen LogP contribution in [-0.4, -0.2) is 23.0 Å². The maximum Gasteiger partial charge on any atom is 0.322 e. The van der Waals surface area contributed by atoms with Crippen molar-refractivity contribution in [3.63, 3.8) is 0 Å². The molecule has 1 aromatic rings. The quantitative estimate of drug-likeness (QED) is 0.810. The van der Waals surface area contributed by atoms with Gasteiger partial charge in [-0.2, -0.15) is 0 Å². The van der Waals surface area contributed by atoms with Gasteiger partial charge in [-0.15, -0.1) is 0 Å². The van der Waals surface area contributed by atoms with Crippen molar-refractivity contribution in [2.24, 2.45) is 0 Å². The first-order valence-electron chi connectivity index (χ1n) is 6.84. The first-order chi connectivity index (χ1) is 8.99. The summed E-state index contributed by atoms with van der Waals surface area (Å²) in [4.78, 5) is 14.4. The minimum absolute atomic E-state index is 0.0231. The summed E-state index contributed by atoms with van der Waals surface area (Å²) < 4.78 is 0. The lowest BCUT2D eigenvalue weighted by molar-refractivity contribution is 0.133. The van der Waals surface area contributed by atoms with E-state index in [0.717, 1.165) is 24.1 Å². The zero-order valence-corrected chi connectivity index (χ0v) is 12.5. The van der Waals surface area contributed by atoms with Gasteiger partial charge in [-0.05, 0) is 57.7 Å². The van der Waals surface area contributed by atoms with E-state index < -0.39 is 0 Å². The fourth-order valence-electron chi connectivity index (χ4n) is 2.73. The fraction of sp³-hybridized carbons (Fsp3) is 0.533. The van der Waals surface area contributed by atoms with Gasteiger partial charge in [0.15, 0.2) is 0 Å². The average Bonchev–Trinajstić information content (AvgIpc) is 2.33. The van der Waals surface area contributed by atoms with Gasteiger partial charge < -0.3 is 10.2 Å². The van der Waals surface area contributed by atoms with Crippen molar-refractivity contribution in [3.8, 4) is 0 Å². The van der Waals surface area contributed by atoms with E-state index >= 15 is 0 Å². The molecule has 1 aliphatic heterocycles. The number of nitrogens with one attached hydrogen (secondary N) is 1. The Kier molecular flexibility index (Phi) is 4.35. The average molecular weight is 281 g/mol. The summed E-state index contributed by atoms with van der Waals surface area (Å²) in [7, 11) is 0. The van der Waals surface area contributed by atoms with Crippen molar-refractivity contribution in [1.82, 2.24) is 4.90 Å². The first kappa shape index (κ1) is 14.2. The van der Waals surface area contributed by atoms with Crippen molar-refractivity contribution in [2.75, 3.05) is 5.32 Å². The van der Waals surface area contributed by atoms with E-state index in [0.29, 0.717) is 17.1 Å². The molecule has 4 heteroatoms. The molecule has 0 aliphatic carbocycles. The third kappa shape index (κ3) is 3.21. The zero-order chi connectivity index (χ0) is 14.0. The lowest BCUT2D eigenvalue weighted by Crippen LogP contribution is -2.49. The van der Waals surface area contributed by atoms with Gasteiger partial charge in [0.25, 0.3) is 0 Å². The third-order valence-corrected chi connectivity index (χ3v) is 4.10. The second kappa shape index (κ2) is 5.83. The topological polar surface area (TPSA) is 32.3 Å². The molecule has 0 bridgehead atoms. The number of nitrogens with zero attached hydrogens (tertiary/aromatic N) is 1. The largest absolute Gasteiger partial charge is 0.322 e. The Hall–Kier alpha value is -1.22. The monoisotopic (exact) mass is 280 g/mol. The number of likely N-dealkylation sites (tertiary alicyclic amines) is 1. The van der Waals surface area contributed by atoms with Gasteiger partial charge in [0.2, 0.25) is 0 Å². The second-order valence-electron chi connectivity index (χ2n) is 5.43. The molecule has 2 amide bonds. The molecule has 1 heterocycles. The summed E-state index contributed by atoms with van der Waals surface area (Å²) in [6, 6.07) is 6.12. The molecule has 1 aromatic carbocycles. The van der Waals surface area contributed by atoms with Crippen molar-refractivity contribution < 1.29 is 4.79 Å². The van der Waals surface area contributed by atoms with Crippen LogP contribution < -0.4 is 5.32 Å². The third-order valence-electron chi connectivity index (χ3n) is 3.87. The Bertz CT molecular complexity index is 465. The number of hydrogen-bond acceptors (Lipinski definition) is 1. The summed E-state index contributed by atoms with van der Waals surface area (Å²) in [5.41, 5.74) is 1.82. The number of piperidine rings is 1. The van der Waals surface area contributed by atoms with Gasteiger partial charge in [-0.1, -0.05) is 17.7 Å². The molecule has 1 N–H and O–H groups in total. The number of benzene rings is 1. The van der Waals surface area contributed by atoms with E-state index in [1.165, 1.54) is 6.42 Å². The molecule has 2 rings (SSSR count). The van der Waals surface area contributed by atoms with E-state index in [1.807, 2.05) is 24.0 Å². The van der Waals surface area contributed by atoms with Crippen molar-refractivity contribution in [3.05, 3.63) is 28.8 Å². The number of urea groups is 1. The van der Waals surface area contributed by atoms with Crippen LogP contribution in [-0.2, 0) is 0 Å². The molecular formula is C15H21ClN2O. The van der Waals surface area contributed by atoms with E-state index in [4.69, 9.17) is 11.6 Å². The number of hydrogen-bond donors (Lipinski definition) is 1. The molecule has 0 aromatic heterocycles. The molecule has 19 heavy (non-hydrogen) atoms. The van der Waals surface area contributed by atoms with Gasteiger partial charge in [-0.3, -0.25) is 0 Å². The van der Waals surface area contributed by atoms with Crippen LogP contribution in [0.5, 0.6) is 0 Å². The summed E-state index contributed by atoms with van der Waals surface area (Å²) in [5.74, 6) is 0. The lowest BCUT2D eigenvalue weighted by atomic mass is 9.98. The number of rotatable bonds is 1. The Labute approximate surface area is 119 Å². The predicted molar refractivity (Wildman–Crippen MR) is 79.8 cm³/mol. The molecular weight excluding hydrogens is 260 g/mol. The Morgan fingerprint density at radius 2 is 1.95 bits per heavy atom. The fourth-order valence-corrected chi connectivity index (χ4v) is 2.90. The number of anilines is 1. The first-order valence-corrected chi connectivity index (χ1v) is 7.22. The van der Waals surface area contributed by atoms with Gasteiger partial charge in [0, 0.05) is 22.8 Å².